The Hall–Kier alpha value is -1.63. The van der Waals surface area contributed by atoms with Crippen molar-refractivity contribution in [3.05, 3.63) is 29.3 Å². The lowest BCUT2D eigenvalue weighted by Gasteiger charge is -2.48. The molecule has 0 spiro atoms. The van der Waals surface area contributed by atoms with Crippen LogP contribution in [0.25, 0.3) is 0 Å². The Bertz CT molecular complexity index is 745. The smallest absolute Gasteiger partial charge is 0.227 e. The van der Waals surface area contributed by atoms with E-state index < -0.39 is 0 Å². The molecule has 4 rings (SSSR count). The summed E-state index contributed by atoms with van der Waals surface area (Å²) >= 11 is 6.06. The van der Waals surface area contributed by atoms with Crippen LogP contribution in [0.5, 0.6) is 0 Å². The fourth-order valence-electron chi connectivity index (χ4n) is 5.03. The molecule has 3 fully saturated rings. The van der Waals surface area contributed by atoms with Gasteiger partial charge in [0.1, 0.15) is 0 Å². The van der Waals surface area contributed by atoms with E-state index in [9.17, 15) is 9.59 Å². The summed E-state index contributed by atoms with van der Waals surface area (Å²) in [6.45, 7) is 4.47. The third-order valence-electron chi connectivity index (χ3n) is 6.67. The van der Waals surface area contributed by atoms with Gasteiger partial charge in [0.15, 0.2) is 0 Å². The number of nitrogens with zero attached hydrogens (tertiary/aromatic N) is 2. The first-order chi connectivity index (χ1) is 14.1. The summed E-state index contributed by atoms with van der Waals surface area (Å²) < 4.78 is 5.54. The number of rotatable bonds is 5. The molecule has 0 radical (unpaired) electrons. The van der Waals surface area contributed by atoms with Crippen LogP contribution in [-0.4, -0.2) is 61.6 Å². The Labute approximate surface area is 177 Å². The van der Waals surface area contributed by atoms with Crippen molar-refractivity contribution < 1.29 is 14.3 Å². The minimum atomic E-state index is -0.313. The Morgan fingerprint density at radius 2 is 1.97 bits per heavy atom. The molecule has 6 nitrogen and oxygen atoms in total. The molecule has 1 saturated carbocycles. The van der Waals surface area contributed by atoms with Crippen LogP contribution in [0.3, 0.4) is 0 Å². The molecular weight excluding hydrogens is 390 g/mol. The summed E-state index contributed by atoms with van der Waals surface area (Å²) in [6, 6.07) is 7.24. The van der Waals surface area contributed by atoms with Gasteiger partial charge in [0, 0.05) is 48.8 Å². The molecule has 0 bridgehead atoms. The van der Waals surface area contributed by atoms with E-state index in [0.717, 1.165) is 44.8 Å². The van der Waals surface area contributed by atoms with Gasteiger partial charge in [0.2, 0.25) is 11.8 Å². The van der Waals surface area contributed by atoms with E-state index in [-0.39, 0.29) is 29.7 Å². The first-order valence-corrected chi connectivity index (χ1v) is 11.1. The molecule has 7 heteroatoms. The van der Waals surface area contributed by atoms with Crippen molar-refractivity contribution >= 4 is 29.1 Å². The second kappa shape index (κ2) is 9.02. The quantitative estimate of drug-likeness (QED) is 0.797. The number of anilines is 1. The van der Waals surface area contributed by atoms with Crippen molar-refractivity contribution in [2.24, 2.45) is 5.92 Å². The molecule has 3 aliphatic rings. The molecule has 158 valence electrons. The molecule has 29 heavy (non-hydrogen) atoms. The monoisotopic (exact) mass is 419 g/mol. The highest BCUT2D eigenvalue weighted by Crippen LogP contribution is 2.34. The first kappa shape index (κ1) is 20.6. The van der Waals surface area contributed by atoms with Crippen LogP contribution >= 0.6 is 11.6 Å². The van der Waals surface area contributed by atoms with E-state index >= 15 is 0 Å². The zero-order valence-electron chi connectivity index (χ0n) is 16.9. The Balaban J connectivity index is 1.39. The largest absolute Gasteiger partial charge is 0.379 e. The SMILES string of the molecule is O=C(NCC1(N2CCOCC2)CCCCC1)C1CC(=O)N(c2cccc(Cl)c2)C1. The average molecular weight is 420 g/mol. The average Bonchev–Trinajstić information content (AvgIpc) is 3.15. The molecule has 1 unspecified atom stereocenters. The number of carbonyl (C=O) groups is 2. The number of hydrogen-bond acceptors (Lipinski definition) is 4. The van der Waals surface area contributed by atoms with Crippen molar-refractivity contribution in [2.45, 2.75) is 44.1 Å². The van der Waals surface area contributed by atoms with E-state index in [1.165, 1.54) is 19.3 Å². The van der Waals surface area contributed by atoms with Gasteiger partial charge < -0.3 is 15.0 Å². The van der Waals surface area contributed by atoms with Crippen LogP contribution < -0.4 is 10.2 Å². The molecule has 0 aromatic heterocycles. The van der Waals surface area contributed by atoms with Crippen LogP contribution in [-0.2, 0) is 14.3 Å². The van der Waals surface area contributed by atoms with Crippen LogP contribution in [0.2, 0.25) is 5.02 Å². The number of nitrogens with one attached hydrogen (secondary N) is 1. The highest BCUT2D eigenvalue weighted by molar-refractivity contribution is 6.31. The maximum absolute atomic E-state index is 12.9. The number of ether oxygens (including phenoxy) is 1. The predicted molar refractivity (Wildman–Crippen MR) is 113 cm³/mol. The lowest BCUT2D eigenvalue weighted by molar-refractivity contribution is -0.127. The van der Waals surface area contributed by atoms with E-state index in [2.05, 4.69) is 10.2 Å². The maximum atomic E-state index is 12.9. The zero-order chi connectivity index (χ0) is 20.3. The van der Waals surface area contributed by atoms with Crippen molar-refractivity contribution in [2.75, 3.05) is 44.3 Å². The van der Waals surface area contributed by atoms with Gasteiger partial charge in [-0.3, -0.25) is 14.5 Å². The van der Waals surface area contributed by atoms with Crippen molar-refractivity contribution in [1.29, 1.82) is 0 Å². The molecular formula is C22H30ClN3O3. The summed E-state index contributed by atoms with van der Waals surface area (Å²) in [5.41, 5.74) is 0.794. The van der Waals surface area contributed by atoms with Crippen LogP contribution in [0.15, 0.2) is 24.3 Å². The second-order valence-electron chi connectivity index (χ2n) is 8.49. The Morgan fingerprint density at radius 3 is 2.69 bits per heavy atom. The molecule has 1 aromatic carbocycles. The topological polar surface area (TPSA) is 61.9 Å². The third kappa shape index (κ3) is 4.60. The van der Waals surface area contributed by atoms with Gasteiger partial charge >= 0.3 is 0 Å². The van der Waals surface area contributed by atoms with Gasteiger partial charge in [0.25, 0.3) is 0 Å². The Kier molecular flexibility index (Phi) is 6.42. The van der Waals surface area contributed by atoms with Gasteiger partial charge in [0.05, 0.1) is 19.1 Å². The molecule has 1 atom stereocenters. The van der Waals surface area contributed by atoms with Crippen LogP contribution in [0.1, 0.15) is 38.5 Å². The van der Waals surface area contributed by atoms with Crippen molar-refractivity contribution in [3.63, 3.8) is 0 Å². The Morgan fingerprint density at radius 1 is 1.21 bits per heavy atom. The molecule has 2 aliphatic heterocycles. The fourth-order valence-corrected chi connectivity index (χ4v) is 5.21. The van der Waals surface area contributed by atoms with Gasteiger partial charge in [-0.15, -0.1) is 0 Å². The minimum absolute atomic E-state index is 0.0129. The number of halogens is 1. The number of morpholine rings is 1. The normalized spacial score (nSPS) is 25.2. The lowest BCUT2D eigenvalue weighted by atomic mass is 9.79. The van der Waals surface area contributed by atoms with E-state index in [4.69, 9.17) is 16.3 Å². The molecule has 2 heterocycles. The predicted octanol–water partition coefficient (Wildman–Crippen LogP) is 2.84. The minimum Gasteiger partial charge on any atom is -0.379 e. The summed E-state index contributed by atoms with van der Waals surface area (Å²) in [5, 5.41) is 3.80. The summed E-state index contributed by atoms with van der Waals surface area (Å²) in [7, 11) is 0. The number of carbonyl (C=O) groups excluding carboxylic acids is 2. The van der Waals surface area contributed by atoms with E-state index in [1.807, 2.05) is 12.1 Å². The summed E-state index contributed by atoms with van der Waals surface area (Å²) in [5.74, 6) is -0.346. The fraction of sp³-hybridized carbons (Fsp3) is 0.636. The van der Waals surface area contributed by atoms with Crippen LogP contribution in [0, 0.1) is 5.92 Å². The molecule has 1 aromatic rings. The molecule has 2 saturated heterocycles. The van der Waals surface area contributed by atoms with Gasteiger partial charge in [-0.25, -0.2) is 0 Å². The van der Waals surface area contributed by atoms with Gasteiger partial charge in [-0.05, 0) is 31.0 Å². The first-order valence-electron chi connectivity index (χ1n) is 10.7. The number of benzene rings is 1. The summed E-state index contributed by atoms with van der Waals surface area (Å²) in [6.07, 6.45) is 6.17. The zero-order valence-corrected chi connectivity index (χ0v) is 17.6. The van der Waals surface area contributed by atoms with E-state index in [1.54, 1.807) is 17.0 Å². The van der Waals surface area contributed by atoms with Crippen molar-refractivity contribution in [1.82, 2.24) is 10.2 Å². The molecule has 1 aliphatic carbocycles. The van der Waals surface area contributed by atoms with E-state index in [0.29, 0.717) is 18.1 Å². The number of hydrogen-bond donors (Lipinski definition) is 1. The maximum Gasteiger partial charge on any atom is 0.227 e. The third-order valence-corrected chi connectivity index (χ3v) is 6.91. The van der Waals surface area contributed by atoms with Crippen LogP contribution in [0.4, 0.5) is 5.69 Å². The lowest BCUT2D eigenvalue weighted by Crippen LogP contribution is -2.60. The standard InChI is InChI=1S/C22H30ClN3O3/c23-18-5-4-6-19(14-18)26-15-17(13-20(26)27)21(28)24-16-22(7-2-1-3-8-22)25-9-11-29-12-10-25/h4-6,14,17H,1-3,7-13,15-16H2,(H,24,28). The highest BCUT2D eigenvalue weighted by atomic mass is 35.5. The van der Waals surface area contributed by atoms with Gasteiger partial charge in [-0.1, -0.05) is 36.9 Å². The molecule has 2 amide bonds. The molecule has 1 N–H and O–H groups in total. The second-order valence-corrected chi connectivity index (χ2v) is 8.92. The van der Waals surface area contributed by atoms with Crippen molar-refractivity contribution in [3.8, 4) is 0 Å². The summed E-state index contributed by atoms with van der Waals surface area (Å²) in [4.78, 5) is 29.6. The van der Waals surface area contributed by atoms with Gasteiger partial charge in [-0.2, -0.15) is 0 Å². The number of amides is 2. The highest BCUT2D eigenvalue weighted by Gasteiger charge is 2.40.